The van der Waals surface area contributed by atoms with Crippen LogP contribution in [0.4, 0.5) is 0 Å². The molecule has 1 amide bonds. The Balaban J connectivity index is 1.78. The van der Waals surface area contributed by atoms with Gasteiger partial charge in [0.25, 0.3) is 5.91 Å². The molecule has 0 saturated carbocycles. The molecule has 0 N–H and O–H groups in total. The summed E-state index contributed by atoms with van der Waals surface area (Å²) in [5.41, 5.74) is 4.39. The van der Waals surface area contributed by atoms with Crippen molar-refractivity contribution in [2.75, 3.05) is 20.8 Å². The molecule has 0 aliphatic heterocycles. The summed E-state index contributed by atoms with van der Waals surface area (Å²) >= 11 is 0. The summed E-state index contributed by atoms with van der Waals surface area (Å²) in [6.45, 7) is 7.44. The lowest BCUT2D eigenvalue weighted by molar-refractivity contribution is 0.0783. The van der Waals surface area contributed by atoms with Crippen LogP contribution in [0.5, 0.6) is 11.5 Å². The maximum absolute atomic E-state index is 13.2. The molecule has 0 saturated heterocycles. The van der Waals surface area contributed by atoms with E-state index in [1.54, 1.807) is 19.1 Å². The number of carbonyl (C=O) groups excluding carboxylic acids is 1. The predicted molar refractivity (Wildman–Crippen MR) is 117 cm³/mol. The number of hydrogen-bond donors (Lipinski definition) is 0. The Hall–Kier alpha value is -3.28. The van der Waals surface area contributed by atoms with E-state index < -0.39 is 0 Å². The van der Waals surface area contributed by atoms with E-state index in [9.17, 15) is 4.79 Å². The van der Waals surface area contributed by atoms with Gasteiger partial charge in [-0.2, -0.15) is 5.10 Å². The van der Waals surface area contributed by atoms with Crippen LogP contribution in [-0.4, -0.2) is 41.4 Å². The van der Waals surface area contributed by atoms with Crippen LogP contribution in [0.15, 0.2) is 48.5 Å². The highest BCUT2D eigenvalue weighted by Crippen LogP contribution is 2.28. The Morgan fingerprint density at radius 2 is 1.80 bits per heavy atom. The van der Waals surface area contributed by atoms with Gasteiger partial charge in [-0.05, 0) is 44.0 Å². The van der Waals surface area contributed by atoms with Crippen LogP contribution < -0.4 is 9.47 Å². The first-order valence-electron chi connectivity index (χ1n) is 10.1. The fraction of sp³-hybridized carbons (Fsp3) is 0.333. The van der Waals surface area contributed by atoms with Crippen molar-refractivity contribution in [1.82, 2.24) is 14.7 Å². The second kappa shape index (κ2) is 9.48. The highest BCUT2D eigenvalue weighted by atomic mass is 16.5. The lowest BCUT2D eigenvalue weighted by atomic mass is 10.1. The summed E-state index contributed by atoms with van der Waals surface area (Å²) in [6, 6.07) is 15.9. The number of methoxy groups -OCH3 is 1. The van der Waals surface area contributed by atoms with Crippen LogP contribution in [0.2, 0.25) is 0 Å². The minimum Gasteiger partial charge on any atom is -0.493 e. The number of rotatable bonds is 8. The van der Waals surface area contributed by atoms with Crippen molar-refractivity contribution in [2.24, 2.45) is 0 Å². The zero-order chi connectivity index (χ0) is 21.7. The molecule has 1 aromatic heterocycles. The molecule has 0 bridgehead atoms. The number of ether oxygens (including phenoxy) is 2. The van der Waals surface area contributed by atoms with E-state index in [0.717, 1.165) is 22.5 Å². The fourth-order valence-corrected chi connectivity index (χ4v) is 3.54. The number of aromatic nitrogens is 2. The molecule has 0 spiro atoms. The molecule has 2 aromatic carbocycles. The van der Waals surface area contributed by atoms with Gasteiger partial charge >= 0.3 is 0 Å². The van der Waals surface area contributed by atoms with Gasteiger partial charge in [0.2, 0.25) is 0 Å². The van der Waals surface area contributed by atoms with Gasteiger partial charge in [0, 0.05) is 19.3 Å². The highest BCUT2D eigenvalue weighted by molar-refractivity contribution is 5.96. The quantitative estimate of drug-likeness (QED) is 0.561. The van der Waals surface area contributed by atoms with Gasteiger partial charge in [0.15, 0.2) is 11.5 Å². The number of hydrogen-bond acceptors (Lipinski definition) is 4. The Morgan fingerprint density at radius 1 is 1.07 bits per heavy atom. The zero-order valence-electron chi connectivity index (χ0n) is 18.3. The van der Waals surface area contributed by atoms with Gasteiger partial charge < -0.3 is 14.4 Å². The van der Waals surface area contributed by atoms with E-state index in [1.165, 1.54) is 0 Å². The van der Waals surface area contributed by atoms with E-state index in [-0.39, 0.29) is 5.91 Å². The van der Waals surface area contributed by atoms with Crippen molar-refractivity contribution in [3.05, 3.63) is 76.6 Å². The number of aryl methyl sites for hydroxylation is 1. The van der Waals surface area contributed by atoms with E-state index in [0.29, 0.717) is 36.8 Å². The Labute approximate surface area is 178 Å². The molecule has 1 heterocycles. The first kappa shape index (κ1) is 21.4. The van der Waals surface area contributed by atoms with Crippen molar-refractivity contribution in [2.45, 2.75) is 33.9 Å². The van der Waals surface area contributed by atoms with Crippen LogP contribution in [0.1, 0.15) is 39.8 Å². The molecule has 0 radical (unpaired) electrons. The summed E-state index contributed by atoms with van der Waals surface area (Å²) in [7, 11) is 3.42. The van der Waals surface area contributed by atoms with E-state index in [1.807, 2.05) is 61.9 Å². The SMILES string of the molecule is CCOc1ccc(CN(C)C(=O)c2c(C)nn(Cc3ccccc3)c2C)cc1OC. The standard InChI is InChI=1S/C24H29N3O3/c1-6-30-21-13-12-20(14-22(21)29-5)15-26(4)24(28)23-17(2)25-27(18(23)3)16-19-10-8-7-9-11-19/h7-14H,6,15-16H2,1-5H3. The normalized spacial score (nSPS) is 10.7. The fourth-order valence-electron chi connectivity index (χ4n) is 3.54. The van der Waals surface area contributed by atoms with Gasteiger partial charge in [0.05, 0.1) is 31.5 Å². The average Bonchev–Trinajstić information content (AvgIpc) is 3.02. The molecular weight excluding hydrogens is 378 g/mol. The van der Waals surface area contributed by atoms with Crippen molar-refractivity contribution >= 4 is 5.91 Å². The lowest BCUT2D eigenvalue weighted by Crippen LogP contribution is -2.27. The number of benzene rings is 2. The number of nitrogens with zero attached hydrogens (tertiary/aromatic N) is 3. The van der Waals surface area contributed by atoms with Crippen LogP contribution in [-0.2, 0) is 13.1 Å². The summed E-state index contributed by atoms with van der Waals surface area (Å²) in [5.74, 6) is 1.32. The molecule has 0 aliphatic carbocycles. The van der Waals surface area contributed by atoms with Crippen LogP contribution in [0.3, 0.4) is 0 Å². The smallest absolute Gasteiger partial charge is 0.257 e. The molecule has 30 heavy (non-hydrogen) atoms. The van der Waals surface area contributed by atoms with Crippen LogP contribution in [0.25, 0.3) is 0 Å². The van der Waals surface area contributed by atoms with Crippen LogP contribution in [0, 0.1) is 13.8 Å². The average molecular weight is 408 g/mol. The first-order chi connectivity index (χ1) is 14.4. The summed E-state index contributed by atoms with van der Waals surface area (Å²) in [6.07, 6.45) is 0. The van der Waals surface area contributed by atoms with Crippen molar-refractivity contribution in [3.63, 3.8) is 0 Å². The summed E-state index contributed by atoms with van der Waals surface area (Å²) in [5, 5.41) is 4.61. The number of carbonyl (C=O) groups is 1. The molecule has 0 fully saturated rings. The predicted octanol–water partition coefficient (Wildman–Crippen LogP) is 4.23. The highest BCUT2D eigenvalue weighted by Gasteiger charge is 2.22. The van der Waals surface area contributed by atoms with Gasteiger partial charge in [-0.1, -0.05) is 36.4 Å². The third-order valence-corrected chi connectivity index (χ3v) is 5.06. The van der Waals surface area contributed by atoms with Gasteiger partial charge in [-0.3, -0.25) is 9.48 Å². The van der Waals surface area contributed by atoms with Crippen LogP contribution >= 0.6 is 0 Å². The number of amides is 1. The topological polar surface area (TPSA) is 56.6 Å². The minimum absolute atomic E-state index is 0.0443. The minimum atomic E-state index is -0.0443. The molecule has 6 nitrogen and oxygen atoms in total. The summed E-state index contributed by atoms with van der Waals surface area (Å²) in [4.78, 5) is 14.9. The molecule has 0 atom stereocenters. The Morgan fingerprint density at radius 3 is 2.47 bits per heavy atom. The molecule has 158 valence electrons. The van der Waals surface area contributed by atoms with E-state index in [2.05, 4.69) is 17.2 Å². The van der Waals surface area contributed by atoms with Gasteiger partial charge in [-0.15, -0.1) is 0 Å². The second-order valence-corrected chi connectivity index (χ2v) is 7.27. The van der Waals surface area contributed by atoms with E-state index in [4.69, 9.17) is 9.47 Å². The molecule has 0 unspecified atom stereocenters. The molecule has 3 aromatic rings. The monoisotopic (exact) mass is 407 g/mol. The van der Waals surface area contributed by atoms with Crippen molar-refractivity contribution < 1.29 is 14.3 Å². The van der Waals surface area contributed by atoms with Crippen molar-refractivity contribution in [1.29, 1.82) is 0 Å². The largest absolute Gasteiger partial charge is 0.493 e. The third-order valence-electron chi connectivity index (χ3n) is 5.06. The zero-order valence-corrected chi connectivity index (χ0v) is 18.3. The second-order valence-electron chi connectivity index (χ2n) is 7.27. The van der Waals surface area contributed by atoms with Gasteiger partial charge in [-0.25, -0.2) is 0 Å². The Bertz CT molecular complexity index is 1010. The summed E-state index contributed by atoms with van der Waals surface area (Å²) < 4.78 is 12.9. The maximum Gasteiger partial charge on any atom is 0.257 e. The molecule has 3 rings (SSSR count). The van der Waals surface area contributed by atoms with E-state index >= 15 is 0 Å². The first-order valence-corrected chi connectivity index (χ1v) is 10.1. The Kier molecular flexibility index (Phi) is 6.77. The molecular formula is C24H29N3O3. The molecule has 6 heteroatoms. The van der Waals surface area contributed by atoms with Gasteiger partial charge in [0.1, 0.15) is 0 Å². The maximum atomic E-state index is 13.2. The van der Waals surface area contributed by atoms with Crippen molar-refractivity contribution in [3.8, 4) is 11.5 Å². The molecule has 0 aliphatic rings. The lowest BCUT2D eigenvalue weighted by Gasteiger charge is -2.19. The third kappa shape index (κ3) is 4.64.